The summed E-state index contributed by atoms with van der Waals surface area (Å²) in [7, 11) is 0. The molecule has 0 radical (unpaired) electrons. The van der Waals surface area contributed by atoms with Crippen LogP contribution in [0.2, 0.25) is 0 Å². The predicted molar refractivity (Wildman–Crippen MR) is 96.2 cm³/mol. The molecule has 0 spiro atoms. The van der Waals surface area contributed by atoms with E-state index in [0.717, 1.165) is 5.75 Å². The Morgan fingerprint density at radius 3 is 2.62 bits per heavy atom. The number of carbonyl (C=O) groups is 1. The Morgan fingerprint density at radius 2 is 1.96 bits per heavy atom. The molecule has 2 rings (SSSR count). The molecule has 0 heterocycles. The number of aryl methyl sites for hydroxylation is 1. The molecule has 0 atom stereocenters. The van der Waals surface area contributed by atoms with Crippen LogP contribution in [0.3, 0.4) is 0 Å². The zero-order valence-corrected chi connectivity index (χ0v) is 14.0. The zero-order chi connectivity index (χ0) is 17.4. The number of carbonyl (C=O) groups excluding carboxylic acids is 1. The molecule has 0 aliphatic rings. The van der Waals surface area contributed by atoms with Crippen molar-refractivity contribution in [1.29, 1.82) is 0 Å². The van der Waals surface area contributed by atoms with Crippen molar-refractivity contribution in [3.63, 3.8) is 0 Å². The van der Waals surface area contributed by atoms with E-state index in [2.05, 4.69) is 10.5 Å². The Labute approximate surface area is 144 Å². The van der Waals surface area contributed by atoms with Crippen LogP contribution >= 0.6 is 11.8 Å². The van der Waals surface area contributed by atoms with Crippen LogP contribution in [0.5, 0.6) is 0 Å². The summed E-state index contributed by atoms with van der Waals surface area (Å²) < 4.78 is 0. The normalized spacial score (nSPS) is 10.7. The highest BCUT2D eigenvalue weighted by atomic mass is 32.2. The molecule has 0 aliphatic carbocycles. The van der Waals surface area contributed by atoms with Crippen molar-refractivity contribution in [3.05, 3.63) is 75.3 Å². The summed E-state index contributed by atoms with van der Waals surface area (Å²) in [5.41, 5.74) is 5.56. The van der Waals surface area contributed by atoms with E-state index in [-0.39, 0.29) is 11.6 Å². The van der Waals surface area contributed by atoms with Gasteiger partial charge in [0.25, 0.3) is 5.69 Å². The highest BCUT2D eigenvalue weighted by Gasteiger charge is 2.04. The maximum atomic E-state index is 11.7. The second-order valence-corrected chi connectivity index (χ2v) is 6.05. The number of nitro benzene ring substituents is 1. The summed E-state index contributed by atoms with van der Waals surface area (Å²) in [6.45, 7) is 2.05. The van der Waals surface area contributed by atoms with Crippen LogP contribution < -0.4 is 5.43 Å². The number of nitro groups is 1. The van der Waals surface area contributed by atoms with Crippen molar-refractivity contribution in [2.75, 3.05) is 5.75 Å². The SMILES string of the molecule is Cc1ccccc1CSCC(=O)N/N=C\c1ccc([N+](=O)[O-])cc1. The van der Waals surface area contributed by atoms with E-state index in [1.54, 1.807) is 12.1 Å². The Kier molecular flexibility index (Phi) is 6.51. The Bertz CT molecular complexity index is 745. The minimum atomic E-state index is -0.464. The minimum Gasteiger partial charge on any atom is -0.272 e. The van der Waals surface area contributed by atoms with Gasteiger partial charge >= 0.3 is 0 Å². The second-order valence-electron chi connectivity index (χ2n) is 5.06. The lowest BCUT2D eigenvalue weighted by molar-refractivity contribution is -0.384. The van der Waals surface area contributed by atoms with Gasteiger partial charge in [-0.25, -0.2) is 5.43 Å². The fraction of sp³-hybridized carbons (Fsp3) is 0.176. The standard InChI is InChI=1S/C17H17N3O3S/c1-13-4-2-3-5-15(13)11-24-12-17(21)19-18-10-14-6-8-16(9-7-14)20(22)23/h2-10H,11-12H2,1H3,(H,19,21)/b18-10-. The number of hydrogen-bond donors (Lipinski definition) is 1. The third-order valence-electron chi connectivity index (χ3n) is 3.26. The molecule has 0 bridgehead atoms. The summed E-state index contributed by atoms with van der Waals surface area (Å²) in [4.78, 5) is 21.8. The lowest BCUT2D eigenvalue weighted by atomic mass is 10.1. The van der Waals surface area contributed by atoms with Crippen molar-refractivity contribution in [1.82, 2.24) is 5.43 Å². The molecule has 24 heavy (non-hydrogen) atoms. The van der Waals surface area contributed by atoms with E-state index >= 15 is 0 Å². The number of nitrogens with zero attached hydrogens (tertiary/aromatic N) is 2. The van der Waals surface area contributed by atoms with Crippen LogP contribution in [0.15, 0.2) is 53.6 Å². The van der Waals surface area contributed by atoms with Gasteiger partial charge in [-0.2, -0.15) is 5.10 Å². The summed E-state index contributed by atoms with van der Waals surface area (Å²) in [5, 5.41) is 14.4. The molecule has 124 valence electrons. The molecular weight excluding hydrogens is 326 g/mol. The fourth-order valence-corrected chi connectivity index (χ4v) is 2.81. The van der Waals surface area contributed by atoms with E-state index in [4.69, 9.17) is 0 Å². The van der Waals surface area contributed by atoms with Gasteiger partial charge in [0.05, 0.1) is 16.9 Å². The first-order valence-corrected chi connectivity index (χ1v) is 8.40. The molecule has 0 aromatic heterocycles. The van der Waals surface area contributed by atoms with Crippen LogP contribution in [0, 0.1) is 17.0 Å². The lowest BCUT2D eigenvalue weighted by Gasteiger charge is -2.04. The van der Waals surface area contributed by atoms with Gasteiger partial charge in [0, 0.05) is 17.9 Å². The van der Waals surface area contributed by atoms with Crippen LogP contribution in [-0.2, 0) is 10.5 Å². The van der Waals surface area contributed by atoms with Gasteiger partial charge in [0.15, 0.2) is 0 Å². The summed E-state index contributed by atoms with van der Waals surface area (Å²) in [6.07, 6.45) is 1.45. The maximum Gasteiger partial charge on any atom is 0.269 e. The molecule has 1 N–H and O–H groups in total. The molecule has 0 saturated heterocycles. The van der Waals surface area contributed by atoms with Crippen molar-refractivity contribution < 1.29 is 9.72 Å². The first-order chi connectivity index (χ1) is 11.6. The Hall–Kier alpha value is -2.67. The second kappa shape index (κ2) is 8.83. The van der Waals surface area contributed by atoms with Gasteiger partial charge in [-0.3, -0.25) is 14.9 Å². The van der Waals surface area contributed by atoms with E-state index in [1.165, 1.54) is 41.2 Å². The van der Waals surface area contributed by atoms with Crippen LogP contribution in [0.1, 0.15) is 16.7 Å². The van der Waals surface area contributed by atoms with E-state index in [9.17, 15) is 14.9 Å². The van der Waals surface area contributed by atoms with E-state index in [1.807, 2.05) is 31.2 Å². The summed E-state index contributed by atoms with van der Waals surface area (Å²) >= 11 is 1.52. The Balaban J connectivity index is 1.74. The number of hydrazone groups is 1. The third kappa shape index (κ3) is 5.51. The fourth-order valence-electron chi connectivity index (χ4n) is 1.92. The third-order valence-corrected chi connectivity index (χ3v) is 4.24. The number of hydrogen-bond acceptors (Lipinski definition) is 5. The topological polar surface area (TPSA) is 84.6 Å². The molecule has 0 unspecified atom stereocenters. The van der Waals surface area contributed by atoms with Gasteiger partial charge in [0.1, 0.15) is 0 Å². The number of rotatable bonds is 7. The predicted octanol–water partition coefficient (Wildman–Crippen LogP) is 3.29. The van der Waals surface area contributed by atoms with E-state index < -0.39 is 4.92 Å². The highest BCUT2D eigenvalue weighted by Crippen LogP contribution is 2.15. The molecule has 0 aliphatic heterocycles. The average molecular weight is 343 g/mol. The number of thioether (sulfide) groups is 1. The molecular formula is C17H17N3O3S. The summed E-state index contributed by atoms with van der Waals surface area (Å²) in [5.74, 6) is 0.893. The number of non-ortho nitro benzene ring substituents is 1. The van der Waals surface area contributed by atoms with Gasteiger partial charge in [-0.05, 0) is 35.7 Å². The summed E-state index contributed by atoms with van der Waals surface area (Å²) in [6, 6.07) is 14.0. The van der Waals surface area contributed by atoms with Crippen molar-refractivity contribution in [2.45, 2.75) is 12.7 Å². The maximum absolute atomic E-state index is 11.7. The van der Waals surface area contributed by atoms with Crippen molar-refractivity contribution in [2.24, 2.45) is 5.10 Å². The zero-order valence-electron chi connectivity index (χ0n) is 13.1. The molecule has 2 aromatic rings. The lowest BCUT2D eigenvalue weighted by Crippen LogP contribution is -2.19. The number of amides is 1. The van der Waals surface area contributed by atoms with Gasteiger partial charge in [-0.1, -0.05) is 24.3 Å². The smallest absolute Gasteiger partial charge is 0.269 e. The van der Waals surface area contributed by atoms with E-state index in [0.29, 0.717) is 11.3 Å². The number of benzene rings is 2. The molecule has 7 heteroatoms. The Morgan fingerprint density at radius 1 is 1.25 bits per heavy atom. The van der Waals surface area contributed by atoms with Crippen LogP contribution in [-0.4, -0.2) is 22.8 Å². The van der Waals surface area contributed by atoms with Gasteiger partial charge < -0.3 is 0 Å². The highest BCUT2D eigenvalue weighted by molar-refractivity contribution is 7.99. The molecule has 1 amide bonds. The van der Waals surface area contributed by atoms with Crippen molar-refractivity contribution >= 4 is 29.6 Å². The molecule has 0 saturated carbocycles. The first-order valence-electron chi connectivity index (χ1n) is 7.25. The van der Waals surface area contributed by atoms with Crippen molar-refractivity contribution in [3.8, 4) is 0 Å². The van der Waals surface area contributed by atoms with Gasteiger partial charge in [0.2, 0.25) is 5.91 Å². The molecule has 0 fully saturated rings. The van der Waals surface area contributed by atoms with Crippen LogP contribution in [0.4, 0.5) is 5.69 Å². The van der Waals surface area contributed by atoms with Gasteiger partial charge in [-0.15, -0.1) is 11.8 Å². The quantitative estimate of drug-likeness (QED) is 0.475. The molecule has 6 nitrogen and oxygen atoms in total. The minimum absolute atomic E-state index is 0.0174. The molecule has 2 aromatic carbocycles. The average Bonchev–Trinajstić information content (AvgIpc) is 2.57. The first kappa shape index (κ1) is 17.7. The monoisotopic (exact) mass is 343 g/mol. The van der Waals surface area contributed by atoms with Crippen LogP contribution in [0.25, 0.3) is 0 Å². The number of nitrogens with one attached hydrogen (secondary N) is 1. The largest absolute Gasteiger partial charge is 0.272 e.